The second-order valence-electron chi connectivity index (χ2n) is 5.72. The van der Waals surface area contributed by atoms with Crippen molar-refractivity contribution in [3.8, 4) is 0 Å². The van der Waals surface area contributed by atoms with Gasteiger partial charge >= 0.3 is 5.97 Å². The Balaban J connectivity index is 1.50. The number of hydrogen-bond donors (Lipinski definition) is 0. The summed E-state index contributed by atoms with van der Waals surface area (Å²) in [4.78, 5) is 62.8. The van der Waals surface area contributed by atoms with Crippen LogP contribution in [-0.2, 0) is 28.8 Å². The quantitative estimate of drug-likeness (QED) is 0.457. The predicted octanol–water partition coefficient (Wildman–Crippen LogP) is 0.859. The fourth-order valence-corrected chi connectivity index (χ4v) is 2.53. The van der Waals surface area contributed by atoms with Crippen molar-refractivity contribution in [3.63, 3.8) is 0 Å². The third-order valence-corrected chi connectivity index (χ3v) is 3.86. The highest BCUT2D eigenvalue weighted by Crippen LogP contribution is 2.14. The van der Waals surface area contributed by atoms with E-state index in [1.165, 1.54) is 17.1 Å². The van der Waals surface area contributed by atoms with Gasteiger partial charge in [0, 0.05) is 38.0 Å². The molecule has 2 heterocycles. The second-order valence-corrected chi connectivity index (χ2v) is 5.72. The minimum Gasteiger partial charge on any atom is -0.330 e. The van der Waals surface area contributed by atoms with Gasteiger partial charge in [-0.1, -0.05) is 19.3 Å². The van der Waals surface area contributed by atoms with E-state index in [1.54, 1.807) is 0 Å². The van der Waals surface area contributed by atoms with Gasteiger partial charge < -0.3 is 4.84 Å². The minimum atomic E-state index is -0.585. The highest BCUT2D eigenvalue weighted by atomic mass is 16.7. The van der Waals surface area contributed by atoms with Crippen molar-refractivity contribution in [3.05, 3.63) is 12.2 Å². The summed E-state index contributed by atoms with van der Waals surface area (Å²) in [5, 5.41) is 0.556. The van der Waals surface area contributed by atoms with Crippen molar-refractivity contribution < 1.29 is 28.8 Å². The first-order chi connectivity index (χ1) is 11.5. The molecule has 0 unspecified atom stereocenters. The number of amides is 4. The molecule has 8 nitrogen and oxygen atoms in total. The number of imide groups is 2. The highest BCUT2D eigenvalue weighted by molar-refractivity contribution is 6.12. The number of unbranched alkanes of at least 4 members (excludes halogenated alkanes) is 4. The van der Waals surface area contributed by atoms with Crippen LogP contribution >= 0.6 is 0 Å². The molecule has 2 aliphatic rings. The number of hydrogen-bond acceptors (Lipinski definition) is 6. The molecular formula is C16H20N2O6. The molecule has 0 atom stereocenters. The zero-order chi connectivity index (χ0) is 17.5. The van der Waals surface area contributed by atoms with Crippen LogP contribution in [0.5, 0.6) is 0 Å². The lowest BCUT2D eigenvalue weighted by molar-refractivity contribution is -0.197. The maximum Gasteiger partial charge on any atom is 0.333 e. The summed E-state index contributed by atoms with van der Waals surface area (Å²) in [5.74, 6) is -2.08. The Labute approximate surface area is 139 Å². The molecular weight excluding hydrogens is 316 g/mol. The van der Waals surface area contributed by atoms with E-state index in [-0.39, 0.29) is 31.1 Å². The van der Waals surface area contributed by atoms with Gasteiger partial charge in [0.25, 0.3) is 23.6 Å². The summed E-state index contributed by atoms with van der Waals surface area (Å²) in [6.45, 7) is 0.409. The number of nitrogens with zero attached hydrogens (tertiary/aromatic N) is 2. The minimum absolute atomic E-state index is 0.0870. The molecule has 1 saturated heterocycles. The standard InChI is InChI=1S/C16H20N2O6/c19-12-7-8-13(20)17(12)11-5-3-1-2-4-6-16(23)24-18-14(21)9-10-15(18)22/h7-8H,1-6,9-11H2. The largest absolute Gasteiger partial charge is 0.333 e. The zero-order valence-corrected chi connectivity index (χ0v) is 13.4. The average Bonchev–Trinajstić information content (AvgIpc) is 3.03. The highest BCUT2D eigenvalue weighted by Gasteiger charge is 2.32. The van der Waals surface area contributed by atoms with Crippen molar-refractivity contribution in [2.75, 3.05) is 6.54 Å². The molecule has 130 valence electrons. The number of carbonyl (C=O) groups excluding carboxylic acids is 5. The van der Waals surface area contributed by atoms with E-state index in [4.69, 9.17) is 4.84 Å². The molecule has 0 aromatic carbocycles. The lowest BCUT2D eigenvalue weighted by atomic mass is 10.1. The summed E-state index contributed by atoms with van der Waals surface area (Å²) in [6.07, 6.45) is 6.66. The lowest BCUT2D eigenvalue weighted by Crippen LogP contribution is -2.31. The molecule has 0 aliphatic carbocycles. The van der Waals surface area contributed by atoms with Crippen LogP contribution in [-0.4, -0.2) is 46.1 Å². The normalized spacial score (nSPS) is 17.3. The first-order valence-electron chi connectivity index (χ1n) is 8.09. The number of rotatable bonds is 9. The molecule has 0 N–H and O–H groups in total. The number of hydroxylamine groups is 2. The summed E-state index contributed by atoms with van der Waals surface area (Å²) >= 11 is 0. The fraction of sp³-hybridized carbons (Fsp3) is 0.562. The Morgan fingerprint density at radius 3 is 2.04 bits per heavy atom. The molecule has 2 rings (SSSR count). The Morgan fingerprint density at radius 2 is 1.42 bits per heavy atom. The lowest BCUT2D eigenvalue weighted by Gasteiger charge is -2.13. The molecule has 0 aromatic rings. The van der Waals surface area contributed by atoms with Crippen molar-refractivity contribution in [1.82, 2.24) is 9.96 Å². The van der Waals surface area contributed by atoms with Crippen LogP contribution in [0.4, 0.5) is 0 Å². The van der Waals surface area contributed by atoms with Gasteiger partial charge in [-0.3, -0.25) is 24.1 Å². The first-order valence-corrected chi connectivity index (χ1v) is 8.09. The van der Waals surface area contributed by atoms with Crippen molar-refractivity contribution in [1.29, 1.82) is 0 Å². The van der Waals surface area contributed by atoms with Gasteiger partial charge in [-0.2, -0.15) is 0 Å². The van der Waals surface area contributed by atoms with Gasteiger partial charge in [0.15, 0.2) is 0 Å². The number of carbonyl (C=O) groups is 5. The van der Waals surface area contributed by atoms with Gasteiger partial charge in [-0.05, 0) is 12.8 Å². The molecule has 1 fully saturated rings. The van der Waals surface area contributed by atoms with Gasteiger partial charge in [-0.25, -0.2) is 4.79 Å². The van der Waals surface area contributed by atoms with E-state index in [9.17, 15) is 24.0 Å². The van der Waals surface area contributed by atoms with E-state index in [2.05, 4.69) is 0 Å². The van der Waals surface area contributed by atoms with Gasteiger partial charge in [0.05, 0.1) is 0 Å². The van der Waals surface area contributed by atoms with Crippen LogP contribution in [0.15, 0.2) is 12.2 Å². The van der Waals surface area contributed by atoms with Crippen LogP contribution in [0.25, 0.3) is 0 Å². The van der Waals surface area contributed by atoms with E-state index in [1.807, 2.05) is 0 Å². The van der Waals surface area contributed by atoms with E-state index in [0.717, 1.165) is 25.7 Å². The predicted molar refractivity (Wildman–Crippen MR) is 80.7 cm³/mol. The first kappa shape index (κ1) is 17.8. The maximum atomic E-state index is 11.6. The third-order valence-electron chi connectivity index (χ3n) is 3.86. The Morgan fingerprint density at radius 1 is 0.875 bits per heavy atom. The molecule has 24 heavy (non-hydrogen) atoms. The Hall–Kier alpha value is -2.51. The van der Waals surface area contributed by atoms with Crippen molar-refractivity contribution >= 4 is 29.6 Å². The zero-order valence-electron chi connectivity index (χ0n) is 13.4. The monoisotopic (exact) mass is 336 g/mol. The van der Waals surface area contributed by atoms with Crippen LogP contribution < -0.4 is 0 Å². The molecule has 8 heteroatoms. The van der Waals surface area contributed by atoms with Crippen LogP contribution in [0.2, 0.25) is 0 Å². The average molecular weight is 336 g/mol. The molecule has 2 aliphatic heterocycles. The topological polar surface area (TPSA) is 101 Å². The van der Waals surface area contributed by atoms with E-state index >= 15 is 0 Å². The summed E-state index contributed by atoms with van der Waals surface area (Å²) in [6, 6.07) is 0. The molecule has 0 bridgehead atoms. The van der Waals surface area contributed by atoms with Gasteiger partial charge in [-0.15, -0.1) is 5.06 Å². The molecule has 4 amide bonds. The Bertz CT molecular complexity index is 549. The fourth-order valence-electron chi connectivity index (χ4n) is 2.53. The second kappa shape index (κ2) is 8.37. The van der Waals surface area contributed by atoms with Crippen LogP contribution in [0, 0.1) is 0 Å². The third kappa shape index (κ3) is 4.74. The van der Waals surface area contributed by atoms with Gasteiger partial charge in [0.2, 0.25) is 0 Å². The molecule has 0 radical (unpaired) electrons. The van der Waals surface area contributed by atoms with Crippen molar-refractivity contribution in [2.45, 2.75) is 51.4 Å². The smallest absolute Gasteiger partial charge is 0.330 e. The summed E-state index contributed by atoms with van der Waals surface area (Å²) < 4.78 is 0. The van der Waals surface area contributed by atoms with Crippen molar-refractivity contribution in [2.24, 2.45) is 0 Å². The van der Waals surface area contributed by atoms with Crippen LogP contribution in [0.3, 0.4) is 0 Å². The summed E-state index contributed by atoms with van der Waals surface area (Å²) in [7, 11) is 0. The SMILES string of the molecule is O=C(CCCCCCCN1C(=O)C=CC1=O)ON1C(=O)CCC1=O. The molecule has 0 aromatic heterocycles. The van der Waals surface area contributed by atoms with E-state index < -0.39 is 17.8 Å². The maximum absolute atomic E-state index is 11.6. The van der Waals surface area contributed by atoms with Gasteiger partial charge in [0.1, 0.15) is 0 Å². The molecule has 0 spiro atoms. The molecule has 0 saturated carbocycles. The van der Waals surface area contributed by atoms with Crippen LogP contribution in [0.1, 0.15) is 51.4 Å². The van der Waals surface area contributed by atoms with E-state index in [0.29, 0.717) is 18.0 Å². The summed E-state index contributed by atoms with van der Waals surface area (Å²) in [5.41, 5.74) is 0. The Kier molecular flexibility index (Phi) is 6.22.